The number of nitrogens with zero attached hydrogens (tertiary/aromatic N) is 1. The van der Waals surface area contributed by atoms with E-state index in [0.717, 1.165) is 17.8 Å². The van der Waals surface area contributed by atoms with E-state index in [2.05, 4.69) is 246 Å². The van der Waals surface area contributed by atoms with Gasteiger partial charge >= 0.3 is 0 Å². The van der Waals surface area contributed by atoms with Crippen molar-refractivity contribution in [3.63, 3.8) is 0 Å². The minimum Gasteiger partial charge on any atom is -0.355 e. The first-order chi connectivity index (χ1) is 33.6. The van der Waals surface area contributed by atoms with E-state index in [4.69, 9.17) is 0 Å². The Kier molecular flexibility index (Phi) is 9.59. The zero-order chi connectivity index (χ0) is 46.6. The summed E-state index contributed by atoms with van der Waals surface area (Å²) in [6, 6.07) is 72.5. The predicted molar refractivity (Wildman–Crippen MR) is 300 cm³/mol. The second-order valence-corrected chi connectivity index (χ2v) is 21.8. The lowest BCUT2D eigenvalue weighted by molar-refractivity contribution is 0.332. The van der Waals surface area contributed by atoms with Crippen LogP contribution in [0, 0.1) is 6.92 Å². The highest BCUT2D eigenvalue weighted by atomic mass is 32.1. The van der Waals surface area contributed by atoms with Crippen LogP contribution in [-0.4, -0.2) is 7.28 Å². The van der Waals surface area contributed by atoms with Gasteiger partial charge in [-0.3, -0.25) is 0 Å². The third kappa shape index (κ3) is 6.99. The Morgan fingerprint density at radius 3 is 1.75 bits per heavy atom. The molecule has 0 fully saturated rings. The Hall–Kier alpha value is -7.40. The summed E-state index contributed by atoms with van der Waals surface area (Å²) < 4.78 is 2.56. The van der Waals surface area contributed by atoms with Crippen molar-refractivity contribution in [2.24, 2.45) is 0 Å². The van der Waals surface area contributed by atoms with Gasteiger partial charge in [0.25, 0.3) is 0 Å². The van der Waals surface area contributed by atoms with Crippen LogP contribution in [0.1, 0.15) is 57.2 Å². The average molecular weight is 904 g/mol. The van der Waals surface area contributed by atoms with Crippen LogP contribution < -0.4 is 21.1 Å². The van der Waals surface area contributed by atoms with Gasteiger partial charge < -0.3 is 10.2 Å². The molecule has 2 nitrogen and oxygen atoms in total. The Labute approximate surface area is 410 Å². The molecule has 1 aromatic heterocycles. The zero-order valence-electron chi connectivity index (χ0n) is 39.8. The van der Waals surface area contributed by atoms with E-state index in [1.807, 2.05) is 11.3 Å². The summed E-state index contributed by atoms with van der Waals surface area (Å²) in [6.45, 7) is 12.1. The summed E-state index contributed by atoms with van der Waals surface area (Å²) >= 11 is 1.89. The highest BCUT2D eigenvalue weighted by Gasteiger charge is 2.39. The van der Waals surface area contributed by atoms with Crippen molar-refractivity contribution in [3.05, 3.63) is 211 Å². The van der Waals surface area contributed by atoms with Gasteiger partial charge in [-0.15, -0.1) is 11.3 Å². The summed E-state index contributed by atoms with van der Waals surface area (Å²) in [5.41, 5.74) is 19.8. The molecule has 0 atom stereocenters. The second-order valence-electron chi connectivity index (χ2n) is 20.7. The Balaban J connectivity index is 1.12. The van der Waals surface area contributed by atoms with Crippen LogP contribution in [0.15, 0.2) is 194 Å². The summed E-state index contributed by atoms with van der Waals surface area (Å²) in [5, 5.41) is 11.6. The van der Waals surface area contributed by atoms with Gasteiger partial charge in [-0.1, -0.05) is 167 Å². The molecule has 1 aliphatic carbocycles. The number of nitrogens with one attached hydrogen (secondary N) is 1. The molecule has 331 valence electrons. The van der Waals surface area contributed by atoms with Gasteiger partial charge in [0, 0.05) is 54.2 Å². The van der Waals surface area contributed by atoms with Crippen LogP contribution in [0.25, 0.3) is 75.1 Å². The monoisotopic (exact) mass is 903 g/mol. The summed E-state index contributed by atoms with van der Waals surface area (Å²) in [5.74, 6) is 0. The van der Waals surface area contributed by atoms with Gasteiger partial charge in [-0.2, -0.15) is 0 Å². The molecular weight excluding hydrogens is 852 g/mol. The van der Waals surface area contributed by atoms with Crippen LogP contribution >= 0.6 is 11.3 Å². The third-order valence-electron chi connectivity index (χ3n) is 15.4. The molecule has 10 aromatic carbocycles. The maximum atomic E-state index is 4.02. The smallest absolute Gasteiger partial charge is 0.197 e. The number of aryl methyl sites for hydroxylation is 1. The molecule has 1 radical (unpaired) electrons. The fourth-order valence-electron chi connectivity index (χ4n) is 11.5. The van der Waals surface area contributed by atoms with Gasteiger partial charge in [0.15, 0.2) is 7.28 Å². The van der Waals surface area contributed by atoms with Crippen molar-refractivity contribution in [1.82, 2.24) is 0 Å². The molecule has 0 spiro atoms. The molecule has 0 bridgehead atoms. The average Bonchev–Trinajstić information content (AvgIpc) is 3.73. The maximum Gasteiger partial charge on any atom is 0.197 e. The van der Waals surface area contributed by atoms with E-state index in [-0.39, 0.29) is 10.8 Å². The van der Waals surface area contributed by atoms with E-state index in [9.17, 15) is 0 Å². The van der Waals surface area contributed by atoms with E-state index in [1.165, 1.54) is 126 Å². The lowest BCUT2D eigenvalue weighted by Crippen LogP contribution is -2.41. The van der Waals surface area contributed by atoms with Crippen molar-refractivity contribution in [3.8, 4) is 33.4 Å². The SMILES string of the molecule is Cc1cc2c(cc1N1c3cc4ccccc4cc3[B]c3c(-c4c(Nc5ccc(-c6ccccc6)cc5)ccc5sc6cc7ccccc7cc6c45)cc(-c4ccccc4)cc31)C(C)(C)CCC2(C)C. The molecule has 2 heterocycles. The molecule has 13 rings (SSSR count). The van der Waals surface area contributed by atoms with E-state index in [0.29, 0.717) is 0 Å². The first kappa shape index (κ1) is 41.8. The molecule has 1 N–H and O–H groups in total. The van der Waals surface area contributed by atoms with Crippen LogP contribution in [0.3, 0.4) is 0 Å². The molecule has 11 aromatic rings. The lowest BCUT2D eigenvalue weighted by Gasteiger charge is -2.44. The topological polar surface area (TPSA) is 15.3 Å². The lowest BCUT2D eigenvalue weighted by atomic mass is 9.57. The van der Waals surface area contributed by atoms with Crippen molar-refractivity contribution in [1.29, 1.82) is 0 Å². The summed E-state index contributed by atoms with van der Waals surface area (Å²) in [7, 11) is 2.49. The van der Waals surface area contributed by atoms with Crippen molar-refractivity contribution >= 4 is 99.7 Å². The Morgan fingerprint density at radius 1 is 0.493 bits per heavy atom. The molecule has 4 heteroatoms. The molecule has 69 heavy (non-hydrogen) atoms. The zero-order valence-corrected chi connectivity index (χ0v) is 40.6. The van der Waals surface area contributed by atoms with Gasteiger partial charge in [0.05, 0.1) is 0 Å². The van der Waals surface area contributed by atoms with Gasteiger partial charge in [-0.25, -0.2) is 0 Å². The quantitative estimate of drug-likeness (QED) is 0.167. The van der Waals surface area contributed by atoms with E-state index >= 15 is 0 Å². The van der Waals surface area contributed by atoms with Gasteiger partial charge in [-0.05, 0) is 163 Å². The molecule has 0 unspecified atom stereocenters. The fraction of sp³-hybridized carbons (Fsp3) is 0.138. The van der Waals surface area contributed by atoms with Crippen molar-refractivity contribution < 1.29 is 0 Å². The first-order valence-electron chi connectivity index (χ1n) is 24.4. The molecule has 0 saturated carbocycles. The first-order valence-corrected chi connectivity index (χ1v) is 25.3. The normalized spacial score (nSPS) is 14.7. The standard InChI is InChI=1S/C65H52BN2S/c1-40-32-52-53(65(4,5)31-30-64(52,2)3)39-56(40)68-57-36-46-22-14-13-21-45(46)35-54(57)66-63-51(34-48(37-58(63)68)42-18-10-7-11-19-42)61-55(67-49-26-24-43(25-27-49)41-16-8-6-9-17-41)28-29-59-62(61)50-33-44-20-12-15-23-47(44)38-60(50)69-59/h6-29,32-39,67H,30-31H2,1-5H3. The fourth-order valence-corrected chi connectivity index (χ4v) is 12.6. The molecule has 0 saturated heterocycles. The highest BCUT2D eigenvalue weighted by molar-refractivity contribution is 7.26. The molecule has 1 aliphatic heterocycles. The van der Waals surface area contributed by atoms with Crippen LogP contribution in [-0.2, 0) is 10.8 Å². The minimum atomic E-state index is 0.0427. The number of thiophene rings is 1. The number of anilines is 5. The minimum absolute atomic E-state index is 0.0427. The van der Waals surface area contributed by atoms with Crippen molar-refractivity contribution in [2.45, 2.75) is 58.3 Å². The van der Waals surface area contributed by atoms with Crippen LogP contribution in [0.2, 0.25) is 0 Å². The van der Waals surface area contributed by atoms with Gasteiger partial charge in [0.1, 0.15) is 0 Å². The van der Waals surface area contributed by atoms with Crippen molar-refractivity contribution in [2.75, 3.05) is 10.2 Å². The molecular formula is C65H52BN2S. The van der Waals surface area contributed by atoms with E-state index in [1.54, 1.807) is 0 Å². The Bertz CT molecular complexity index is 3850. The largest absolute Gasteiger partial charge is 0.355 e. The third-order valence-corrected chi connectivity index (χ3v) is 16.5. The number of benzene rings is 10. The molecule has 0 amide bonds. The number of hydrogen-bond donors (Lipinski definition) is 1. The predicted octanol–water partition coefficient (Wildman–Crippen LogP) is 17.2. The van der Waals surface area contributed by atoms with Crippen LogP contribution in [0.5, 0.6) is 0 Å². The number of fused-ring (bicyclic) bond motifs is 8. The number of hydrogen-bond acceptors (Lipinski definition) is 3. The van der Waals surface area contributed by atoms with Gasteiger partial charge in [0.2, 0.25) is 0 Å². The van der Waals surface area contributed by atoms with E-state index < -0.39 is 0 Å². The highest BCUT2D eigenvalue weighted by Crippen LogP contribution is 2.52. The summed E-state index contributed by atoms with van der Waals surface area (Å²) in [6.07, 6.45) is 2.33. The Morgan fingerprint density at radius 2 is 1.07 bits per heavy atom. The number of rotatable bonds is 6. The molecule has 2 aliphatic rings. The van der Waals surface area contributed by atoms with Crippen LogP contribution in [0.4, 0.5) is 28.4 Å². The maximum absolute atomic E-state index is 4.02. The second kappa shape index (κ2) is 15.8. The summed E-state index contributed by atoms with van der Waals surface area (Å²) in [4.78, 5) is 2.62.